The van der Waals surface area contributed by atoms with E-state index in [1.165, 1.54) is 12.8 Å². The Morgan fingerprint density at radius 2 is 2.14 bits per heavy atom. The summed E-state index contributed by atoms with van der Waals surface area (Å²) in [5.41, 5.74) is 1.30. The molecule has 2 N–H and O–H groups in total. The van der Waals surface area contributed by atoms with Gasteiger partial charge in [0.25, 0.3) is 0 Å². The maximum atomic E-state index is 10.6. The number of hydrogen-bond acceptors (Lipinski definition) is 5. The molecule has 1 aliphatic heterocycles. The van der Waals surface area contributed by atoms with Crippen molar-refractivity contribution in [3.8, 4) is 17.6 Å². The number of hydrogen-bond donors (Lipinski definition) is 2. The Hall–Kier alpha value is -1.77. The molecule has 1 aromatic rings. The number of methoxy groups -OCH3 is 1. The highest BCUT2D eigenvalue weighted by Crippen LogP contribution is 2.45. The quantitative estimate of drug-likeness (QED) is 0.871. The van der Waals surface area contributed by atoms with Gasteiger partial charge in [0.05, 0.1) is 18.7 Å². The predicted octanol–water partition coefficient (Wildman–Crippen LogP) is 2.02. The Kier molecular flexibility index (Phi) is 4.51. The van der Waals surface area contributed by atoms with E-state index in [1.807, 2.05) is 0 Å². The molecule has 0 radical (unpaired) electrons. The van der Waals surface area contributed by atoms with Gasteiger partial charge in [0.15, 0.2) is 11.5 Å². The van der Waals surface area contributed by atoms with Gasteiger partial charge in [-0.1, -0.05) is 12.8 Å². The van der Waals surface area contributed by atoms with Crippen molar-refractivity contribution in [2.24, 2.45) is 5.92 Å². The van der Waals surface area contributed by atoms with Gasteiger partial charge in [-0.05, 0) is 24.5 Å². The second-order valence-corrected chi connectivity index (χ2v) is 6.17. The zero-order valence-corrected chi connectivity index (χ0v) is 13.0. The van der Waals surface area contributed by atoms with E-state index < -0.39 is 0 Å². The third kappa shape index (κ3) is 3.03. The summed E-state index contributed by atoms with van der Waals surface area (Å²) in [6.45, 7) is 3.79. The largest absolute Gasteiger partial charge is 0.504 e. The number of nitrogens with zero attached hydrogens (tertiary/aromatic N) is 2. The maximum absolute atomic E-state index is 10.6. The Labute approximate surface area is 131 Å². The molecule has 1 aromatic carbocycles. The lowest BCUT2D eigenvalue weighted by Gasteiger charge is -2.36. The minimum atomic E-state index is 0.0966. The van der Waals surface area contributed by atoms with Gasteiger partial charge >= 0.3 is 0 Å². The SMILES string of the molecule is COc1ccc(C#N)c([C@H](CC2CC2)N2CCNCC2)c1O. The summed E-state index contributed by atoms with van der Waals surface area (Å²) >= 11 is 0. The van der Waals surface area contributed by atoms with Crippen LogP contribution in [0.1, 0.15) is 36.4 Å². The number of phenols is 1. The van der Waals surface area contributed by atoms with E-state index in [0.29, 0.717) is 11.3 Å². The van der Waals surface area contributed by atoms with Crippen molar-refractivity contribution in [1.29, 1.82) is 5.26 Å². The van der Waals surface area contributed by atoms with E-state index in [2.05, 4.69) is 16.3 Å². The van der Waals surface area contributed by atoms with Crippen LogP contribution >= 0.6 is 0 Å². The first-order valence-electron chi connectivity index (χ1n) is 7.99. The summed E-state index contributed by atoms with van der Waals surface area (Å²) in [5.74, 6) is 1.30. The molecule has 2 fully saturated rings. The fourth-order valence-electron chi connectivity index (χ4n) is 3.30. The molecule has 1 atom stereocenters. The maximum Gasteiger partial charge on any atom is 0.163 e. The molecule has 1 heterocycles. The number of piperazine rings is 1. The smallest absolute Gasteiger partial charge is 0.163 e. The highest BCUT2D eigenvalue weighted by atomic mass is 16.5. The zero-order valence-electron chi connectivity index (χ0n) is 13.0. The van der Waals surface area contributed by atoms with Crippen molar-refractivity contribution in [3.63, 3.8) is 0 Å². The number of ether oxygens (including phenoxy) is 1. The number of benzene rings is 1. The standard InChI is InChI=1S/C17H23N3O2/c1-22-15-5-4-13(11-18)16(17(15)21)14(10-12-2-3-12)20-8-6-19-7-9-20/h4-5,12,14,19,21H,2-3,6-10H2,1H3/t14-/m0/s1. The Morgan fingerprint density at radius 3 is 2.73 bits per heavy atom. The lowest BCUT2D eigenvalue weighted by atomic mass is 9.93. The molecule has 0 spiro atoms. The third-order valence-corrected chi connectivity index (χ3v) is 4.70. The van der Waals surface area contributed by atoms with Crippen LogP contribution in [0, 0.1) is 17.2 Å². The molecule has 0 bridgehead atoms. The fraction of sp³-hybridized carbons (Fsp3) is 0.588. The first-order valence-corrected chi connectivity index (χ1v) is 7.99. The van der Waals surface area contributed by atoms with Gasteiger partial charge in [-0.2, -0.15) is 5.26 Å². The summed E-state index contributed by atoms with van der Waals surface area (Å²) in [6.07, 6.45) is 3.53. The van der Waals surface area contributed by atoms with Crippen LogP contribution in [-0.2, 0) is 0 Å². The van der Waals surface area contributed by atoms with Crippen molar-refractivity contribution in [2.75, 3.05) is 33.3 Å². The van der Waals surface area contributed by atoms with Crippen molar-refractivity contribution < 1.29 is 9.84 Å². The van der Waals surface area contributed by atoms with E-state index in [9.17, 15) is 10.4 Å². The molecule has 1 saturated carbocycles. The molecule has 0 aromatic heterocycles. The van der Waals surface area contributed by atoms with Crippen molar-refractivity contribution >= 4 is 0 Å². The summed E-state index contributed by atoms with van der Waals surface area (Å²) in [4.78, 5) is 2.39. The molecular formula is C17H23N3O2. The molecule has 1 aliphatic carbocycles. The molecule has 1 saturated heterocycles. The van der Waals surface area contributed by atoms with Gasteiger partial charge in [-0.25, -0.2) is 0 Å². The average Bonchev–Trinajstić information content (AvgIpc) is 3.37. The molecule has 0 amide bonds. The molecule has 118 valence electrons. The van der Waals surface area contributed by atoms with Gasteiger partial charge in [0, 0.05) is 37.8 Å². The average molecular weight is 301 g/mol. The number of aromatic hydroxyl groups is 1. The first kappa shape index (κ1) is 15.1. The van der Waals surface area contributed by atoms with Crippen LogP contribution < -0.4 is 10.1 Å². The summed E-state index contributed by atoms with van der Waals surface area (Å²) in [6, 6.07) is 5.77. The third-order valence-electron chi connectivity index (χ3n) is 4.70. The van der Waals surface area contributed by atoms with Crippen LogP contribution in [0.15, 0.2) is 12.1 Å². The highest BCUT2D eigenvalue weighted by Gasteiger charge is 2.34. The minimum absolute atomic E-state index is 0.0966. The second kappa shape index (κ2) is 6.55. The predicted molar refractivity (Wildman–Crippen MR) is 83.9 cm³/mol. The van der Waals surface area contributed by atoms with Gasteiger partial charge < -0.3 is 15.2 Å². The number of nitrogens with one attached hydrogen (secondary N) is 1. The van der Waals surface area contributed by atoms with Crippen LogP contribution in [0.5, 0.6) is 11.5 Å². The van der Waals surface area contributed by atoms with Crippen molar-refractivity contribution in [3.05, 3.63) is 23.3 Å². The summed E-state index contributed by atoms with van der Waals surface area (Å²) in [7, 11) is 1.55. The van der Waals surface area contributed by atoms with Crippen LogP contribution in [0.25, 0.3) is 0 Å². The van der Waals surface area contributed by atoms with Crippen LogP contribution in [0.4, 0.5) is 0 Å². The first-order chi connectivity index (χ1) is 10.7. The molecule has 2 aliphatic rings. The van der Waals surface area contributed by atoms with Gasteiger partial charge in [0.1, 0.15) is 0 Å². The summed E-state index contributed by atoms with van der Waals surface area (Å²) < 4.78 is 5.25. The molecule has 22 heavy (non-hydrogen) atoms. The fourth-order valence-corrected chi connectivity index (χ4v) is 3.30. The number of rotatable bonds is 5. The van der Waals surface area contributed by atoms with Crippen LogP contribution in [-0.4, -0.2) is 43.3 Å². The molecular weight excluding hydrogens is 278 g/mol. The zero-order chi connectivity index (χ0) is 15.5. The van der Waals surface area contributed by atoms with E-state index in [0.717, 1.165) is 44.1 Å². The van der Waals surface area contributed by atoms with E-state index >= 15 is 0 Å². The Balaban J connectivity index is 2.00. The topological polar surface area (TPSA) is 68.5 Å². The normalized spacial score (nSPS) is 20.4. The highest BCUT2D eigenvalue weighted by molar-refractivity contribution is 5.55. The lowest BCUT2D eigenvalue weighted by Crippen LogP contribution is -2.45. The van der Waals surface area contributed by atoms with Crippen LogP contribution in [0.2, 0.25) is 0 Å². The summed E-state index contributed by atoms with van der Waals surface area (Å²) in [5, 5.41) is 23.4. The Morgan fingerprint density at radius 1 is 1.41 bits per heavy atom. The number of phenolic OH excluding ortho intramolecular Hbond substituents is 1. The van der Waals surface area contributed by atoms with E-state index in [4.69, 9.17) is 4.74 Å². The van der Waals surface area contributed by atoms with Gasteiger partial charge in [-0.15, -0.1) is 0 Å². The monoisotopic (exact) mass is 301 g/mol. The molecule has 3 rings (SSSR count). The van der Waals surface area contributed by atoms with E-state index in [-0.39, 0.29) is 11.8 Å². The molecule has 0 unspecified atom stereocenters. The molecule has 5 nitrogen and oxygen atoms in total. The lowest BCUT2D eigenvalue weighted by molar-refractivity contribution is 0.157. The van der Waals surface area contributed by atoms with E-state index in [1.54, 1.807) is 19.2 Å². The Bertz CT molecular complexity index is 572. The molecule has 5 heteroatoms. The van der Waals surface area contributed by atoms with Gasteiger partial charge in [-0.3, -0.25) is 4.90 Å². The minimum Gasteiger partial charge on any atom is -0.504 e. The van der Waals surface area contributed by atoms with Gasteiger partial charge in [0.2, 0.25) is 0 Å². The number of nitriles is 1. The van der Waals surface area contributed by atoms with Crippen LogP contribution in [0.3, 0.4) is 0 Å². The van der Waals surface area contributed by atoms with Crippen molar-refractivity contribution in [2.45, 2.75) is 25.3 Å². The van der Waals surface area contributed by atoms with Crippen molar-refractivity contribution in [1.82, 2.24) is 10.2 Å². The second-order valence-electron chi connectivity index (χ2n) is 6.17.